The van der Waals surface area contributed by atoms with Gasteiger partial charge in [-0.25, -0.2) is 0 Å². The van der Waals surface area contributed by atoms with E-state index in [1.54, 1.807) is 12.1 Å². The smallest absolute Gasteiger partial charge is 0.163 e. The van der Waals surface area contributed by atoms with E-state index in [-0.39, 0.29) is 17.9 Å². The predicted molar refractivity (Wildman–Crippen MR) is 102 cm³/mol. The van der Waals surface area contributed by atoms with Crippen molar-refractivity contribution in [2.75, 3.05) is 12.3 Å². The topological polar surface area (TPSA) is 88.2 Å². The number of nitrogens with zero attached hydrogens (tertiary/aromatic N) is 1. The number of aromatic hydroxyl groups is 1. The van der Waals surface area contributed by atoms with Crippen LogP contribution in [0.1, 0.15) is 31.0 Å². The third-order valence-corrected chi connectivity index (χ3v) is 5.29. The molecule has 4 rings (SSSR count). The summed E-state index contributed by atoms with van der Waals surface area (Å²) in [6, 6.07) is 14.9. The molecule has 0 unspecified atom stereocenters. The molecular formula is C21H26N2O4. The summed E-state index contributed by atoms with van der Waals surface area (Å²) in [4.78, 5) is 2.18. The number of rotatable bonds is 3. The summed E-state index contributed by atoms with van der Waals surface area (Å²) in [7, 11) is 0. The lowest BCUT2D eigenvalue weighted by Crippen LogP contribution is -2.55. The van der Waals surface area contributed by atoms with Gasteiger partial charge in [0, 0.05) is 24.8 Å². The number of phenolic OH excluding ortho intramolecular Hbond substituents is 1. The SMILES string of the molecule is CC1(C)O[C@@H]2[C@H](O1)[C@H](O)CN(Cc1ccccc1)[C@H]2c1ccc(O)cc1N. The second-order valence-electron chi connectivity index (χ2n) is 7.81. The van der Waals surface area contributed by atoms with Crippen LogP contribution in [0.3, 0.4) is 0 Å². The van der Waals surface area contributed by atoms with Gasteiger partial charge >= 0.3 is 0 Å². The molecule has 144 valence electrons. The van der Waals surface area contributed by atoms with E-state index in [9.17, 15) is 10.2 Å². The molecular weight excluding hydrogens is 344 g/mol. The van der Waals surface area contributed by atoms with Crippen LogP contribution in [0.2, 0.25) is 0 Å². The summed E-state index contributed by atoms with van der Waals surface area (Å²) < 4.78 is 12.2. The number of hydrogen-bond donors (Lipinski definition) is 3. The van der Waals surface area contributed by atoms with Crippen molar-refractivity contribution in [2.45, 2.75) is 50.5 Å². The first kappa shape index (κ1) is 18.3. The van der Waals surface area contributed by atoms with Crippen LogP contribution in [0, 0.1) is 0 Å². The van der Waals surface area contributed by atoms with Crippen LogP contribution < -0.4 is 5.73 Å². The number of aliphatic hydroxyl groups excluding tert-OH is 1. The molecule has 2 aromatic rings. The molecule has 0 bridgehead atoms. The number of piperidine rings is 1. The quantitative estimate of drug-likeness (QED) is 0.719. The molecule has 0 spiro atoms. The summed E-state index contributed by atoms with van der Waals surface area (Å²) in [5.41, 5.74) is 8.76. The molecule has 2 heterocycles. The standard InChI is InChI=1S/C21H26N2O4/c1-21(2)26-19-17(25)12-23(11-13-6-4-3-5-7-13)18(20(19)27-21)15-9-8-14(24)10-16(15)22/h3-10,17-20,24-25H,11-12,22H2,1-2H3/t17-,18+,19-,20+/m1/s1. The van der Waals surface area contributed by atoms with Crippen LogP contribution in [-0.2, 0) is 16.0 Å². The summed E-state index contributed by atoms with van der Waals surface area (Å²) in [6.45, 7) is 4.81. The van der Waals surface area contributed by atoms with Crippen molar-refractivity contribution < 1.29 is 19.7 Å². The Morgan fingerprint density at radius 3 is 2.52 bits per heavy atom. The van der Waals surface area contributed by atoms with Crippen molar-refractivity contribution in [3.05, 3.63) is 59.7 Å². The zero-order valence-electron chi connectivity index (χ0n) is 15.6. The van der Waals surface area contributed by atoms with E-state index in [1.165, 1.54) is 0 Å². The molecule has 2 aliphatic heterocycles. The van der Waals surface area contributed by atoms with Crippen molar-refractivity contribution in [3.63, 3.8) is 0 Å². The fourth-order valence-corrected chi connectivity index (χ4v) is 4.21. The minimum Gasteiger partial charge on any atom is -0.508 e. The predicted octanol–water partition coefficient (Wildman–Crippen LogP) is 2.41. The maximum absolute atomic E-state index is 10.7. The van der Waals surface area contributed by atoms with E-state index in [0.29, 0.717) is 18.8 Å². The molecule has 0 aromatic heterocycles. The number of aliphatic hydroxyl groups is 1. The molecule has 2 aromatic carbocycles. The van der Waals surface area contributed by atoms with Crippen molar-refractivity contribution in [1.29, 1.82) is 0 Å². The Balaban J connectivity index is 1.74. The minimum atomic E-state index is -0.775. The molecule has 4 N–H and O–H groups in total. The lowest BCUT2D eigenvalue weighted by molar-refractivity contribution is -0.153. The summed E-state index contributed by atoms with van der Waals surface area (Å²) in [5.74, 6) is -0.648. The molecule has 0 radical (unpaired) electrons. The van der Waals surface area contributed by atoms with E-state index < -0.39 is 18.0 Å². The van der Waals surface area contributed by atoms with Crippen molar-refractivity contribution in [2.24, 2.45) is 0 Å². The van der Waals surface area contributed by atoms with Gasteiger partial charge in [-0.15, -0.1) is 0 Å². The average Bonchev–Trinajstić information content (AvgIpc) is 2.93. The van der Waals surface area contributed by atoms with Crippen LogP contribution in [0.4, 0.5) is 5.69 Å². The first-order valence-electron chi connectivity index (χ1n) is 9.24. The van der Waals surface area contributed by atoms with E-state index in [4.69, 9.17) is 15.2 Å². The Hall–Kier alpha value is -2.12. The Bertz CT molecular complexity index is 811. The largest absolute Gasteiger partial charge is 0.508 e. The van der Waals surface area contributed by atoms with Crippen LogP contribution in [0.25, 0.3) is 0 Å². The van der Waals surface area contributed by atoms with Gasteiger partial charge in [-0.1, -0.05) is 36.4 Å². The monoisotopic (exact) mass is 370 g/mol. The zero-order chi connectivity index (χ0) is 19.2. The summed E-state index contributed by atoms with van der Waals surface area (Å²) >= 11 is 0. The molecule has 0 saturated carbocycles. The molecule has 4 atom stereocenters. The number of likely N-dealkylation sites (tertiary alicyclic amines) is 1. The fourth-order valence-electron chi connectivity index (χ4n) is 4.21. The van der Waals surface area contributed by atoms with Gasteiger partial charge < -0.3 is 25.4 Å². The van der Waals surface area contributed by atoms with Gasteiger partial charge in [0.25, 0.3) is 0 Å². The second kappa shape index (κ2) is 6.80. The van der Waals surface area contributed by atoms with E-state index in [2.05, 4.69) is 17.0 Å². The van der Waals surface area contributed by atoms with Gasteiger partial charge in [0.2, 0.25) is 0 Å². The molecule has 2 fully saturated rings. The highest BCUT2D eigenvalue weighted by atomic mass is 16.8. The second-order valence-corrected chi connectivity index (χ2v) is 7.81. The van der Waals surface area contributed by atoms with Crippen molar-refractivity contribution >= 4 is 5.69 Å². The number of nitrogen functional groups attached to an aromatic ring is 1. The van der Waals surface area contributed by atoms with Gasteiger partial charge in [0.05, 0.1) is 12.1 Å². The van der Waals surface area contributed by atoms with Gasteiger partial charge in [0.1, 0.15) is 18.0 Å². The fraction of sp³-hybridized carbons (Fsp3) is 0.429. The average molecular weight is 370 g/mol. The van der Waals surface area contributed by atoms with Gasteiger partial charge in [-0.2, -0.15) is 0 Å². The van der Waals surface area contributed by atoms with Crippen LogP contribution >= 0.6 is 0 Å². The lowest BCUT2D eigenvalue weighted by Gasteiger charge is -2.44. The molecule has 27 heavy (non-hydrogen) atoms. The lowest BCUT2D eigenvalue weighted by atomic mass is 9.87. The highest BCUT2D eigenvalue weighted by molar-refractivity contribution is 5.53. The third kappa shape index (κ3) is 3.53. The van der Waals surface area contributed by atoms with Gasteiger partial charge in [0.15, 0.2) is 5.79 Å². The number of nitrogens with two attached hydrogens (primary N) is 1. The Kier molecular flexibility index (Phi) is 4.60. The Morgan fingerprint density at radius 1 is 1.11 bits per heavy atom. The maximum atomic E-state index is 10.7. The third-order valence-electron chi connectivity index (χ3n) is 5.29. The maximum Gasteiger partial charge on any atom is 0.163 e. The van der Waals surface area contributed by atoms with Crippen molar-refractivity contribution in [1.82, 2.24) is 4.90 Å². The van der Waals surface area contributed by atoms with Crippen LogP contribution in [0.5, 0.6) is 5.75 Å². The van der Waals surface area contributed by atoms with Gasteiger partial charge in [-0.3, -0.25) is 4.90 Å². The summed E-state index contributed by atoms with van der Waals surface area (Å²) in [5, 5.41) is 20.5. The zero-order valence-corrected chi connectivity index (χ0v) is 15.6. The van der Waals surface area contributed by atoms with Crippen LogP contribution in [-0.4, -0.2) is 45.8 Å². The van der Waals surface area contributed by atoms with Crippen LogP contribution in [0.15, 0.2) is 48.5 Å². The minimum absolute atomic E-state index is 0.127. The number of anilines is 1. The molecule has 2 saturated heterocycles. The van der Waals surface area contributed by atoms with E-state index in [1.807, 2.05) is 38.1 Å². The highest BCUT2D eigenvalue weighted by Crippen LogP contribution is 2.45. The van der Waals surface area contributed by atoms with Gasteiger partial charge in [-0.05, 0) is 31.0 Å². The number of phenols is 1. The van der Waals surface area contributed by atoms with Crippen molar-refractivity contribution in [3.8, 4) is 5.75 Å². The Morgan fingerprint density at radius 2 is 1.81 bits per heavy atom. The normalized spacial score (nSPS) is 30.2. The number of β-amino-alcohol motifs (C(OH)–C–C–N with tert-alkyl or cyclic N) is 1. The highest BCUT2D eigenvalue weighted by Gasteiger charge is 2.53. The first-order chi connectivity index (χ1) is 12.8. The Labute approximate surface area is 159 Å². The molecule has 6 heteroatoms. The molecule has 0 aliphatic carbocycles. The summed E-state index contributed by atoms with van der Waals surface area (Å²) in [6.07, 6.45) is -1.44. The molecule has 6 nitrogen and oxygen atoms in total. The number of ether oxygens (including phenoxy) is 2. The molecule has 0 amide bonds. The van der Waals surface area contributed by atoms with E-state index >= 15 is 0 Å². The van der Waals surface area contributed by atoms with E-state index in [0.717, 1.165) is 11.1 Å². The molecule has 2 aliphatic rings. The number of benzene rings is 2. The number of hydrogen-bond acceptors (Lipinski definition) is 6. The first-order valence-corrected chi connectivity index (χ1v) is 9.24. The number of fused-ring (bicyclic) bond motifs is 1.